The van der Waals surface area contributed by atoms with Crippen molar-refractivity contribution in [1.29, 1.82) is 0 Å². The molecule has 0 saturated carbocycles. The molecule has 0 radical (unpaired) electrons. The number of nitrogens with one attached hydrogen (secondary N) is 2. The Kier molecular flexibility index (Phi) is 3.77. The van der Waals surface area contributed by atoms with E-state index >= 15 is 0 Å². The average Bonchev–Trinajstić information content (AvgIpc) is 2.28. The topological polar surface area (TPSA) is 37.0 Å². The van der Waals surface area contributed by atoms with Gasteiger partial charge in [0.2, 0.25) is 0 Å². The smallest absolute Gasteiger partial charge is 0.132 e. The van der Waals surface area contributed by atoms with Gasteiger partial charge in [0.15, 0.2) is 0 Å². The lowest BCUT2D eigenvalue weighted by Gasteiger charge is -2.09. The molecule has 0 aliphatic rings. The highest BCUT2D eigenvalue weighted by atomic mass is 19.1. The number of aryl methyl sites for hydroxylation is 1. The van der Waals surface area contributed by atoms with E-state index in [9.17, 15) is 4.39 Å². The maximum Gasteiger partial charge on any atom is 0.132 e. The SMILES string of the molecule is CCNc1cccc(Nc2cc(C)cc(F)c2)n1. The molecule has 0 unspecified atom stereocenters. The zero-order chi connectivity index (χ0) is 13.0. The third kappa shape index (κ3) is 3.20. The monoisotopic (exact) mass is 245 g/mol. The molecular formula is C14H16FN3. The van der Waals surface area contributed by atoms with Crippen LogP contribution in [0.25, 0.3) is 0 Å². The Balaban J connectivity index is 2.20. The van der Waals surface area contributed by atoms with E-state index in [2.05, 4.69) is 15.6 Å². The second kappa shape index (κ2) is 5.49. The first kappa shape index (κ1) is 12.4. The summed E-state index contributed by atoms with van der Waals surface area (Å²) in [6.07, 6.45) is 0. The molecule has 0 aliphatic heterocycles. The van der Waals surface area contributed by atoms with Crippen molar-refractivity contribution >= 4 is 17.3 Å². The Morgan fingerprint density at radius 1 is 1.17 bits per heavy atom. The molecule has 0 atom stereocenters. The second-order valence-corrected chi connectivity index (χ2v) is 4.08. The summed E-state index contributed by atoms with van der Waals surface area (Å²) in [5.41, 5.74) is 1.58. The fourth-order valence-corrected chi connectivity index (χ4v) is 1.74. The summed E-state index contributed by atoms with van der Waals surface area (Å²) in [4.78, 5) is 4.37. The van der Waals surface area contributed by atoms with Gasteiger partial charge in [-0.15, -0.1) is 0 Å². The molecule has 0 amide bonds. The Morgan fingerprint density at radius 3 is 2.67 bits per heavy atom. The van der Waals surface area contributed by atoms with Gasteiger partial charge in [-0.3, -0.25) is 0 Å². The lowest BCUT2D eigenvalue weighted by molar-refractivity contribution is 0.627. The predicted octanol–water partition coefficient (Wildman–Crippen LogP) is 3.70. The van der Waals surface area contributed by atoms with Gasteiger partial charge in [-0.05, 0) is 49.7 Å². The molecule has 3 nitrogen and oxygen atoms in total. The second-order valence-electron chi connectivity index (χ2n) is 4.08. The summed E-state index contributed by atoms with van der Waals surface area (Å²) in [5.74, 6) is 1.24. The molecule has 0 bridgehead atoms. The standard InChI is InChI=1S/C14H16FN3/c1-3-16-13-5-4-6-14(18-13)17-12-8-10(2)7-11(15)9-12/h4-9H,3H2,1-2H3,(H2,16,17,18). The molecule has 1 heterocycles. The van der Waals surface area contributed by atoms with E-state index in [4.69, 9.17) is 0 Å². The number of pyridine rings is 1. The predicted molar refractivity (Wildman–Crippen MR) is 72.8 cm³/mol. The van der Waals surface area contributed by atoms with E-state index in [0.717, 1.165) is 17.9 Å². The van der Waals surface area contributed by atoms with Gasteiger partial charge in [0.1, 0.15) is 17.5 Å². The molecule has 1 aromatic heterocycles. The van der Waals surface area contributed by atoms with Crippen LogP contribution in [-0.4, -0.2) is 11.5 Å². The third-order valence-corrected chi connectivity index (χ3v) is 2.42. The van der Waals surface area contributed by atoms with Crippen LogP contribution < -0.4 is 10.6 Å². The Bertz CT molecular complexity index is 520. The number of halogens is 1. The van der Waals surface area contributed by atoms with Crippen LogP contribution in [0.5, 0.6) is 0 Å². The maximum atomic E-state index is 13.3. The fourth-order valence-electron chi connectivity index (χ4n) is 1.74. The minimum absolute atomic E-state index is 0.250. The highest BCUT2D eigenvalue weighted by Crippen LogP contribution is 2.18. The minimum Gasteiger partial charge on any atom is -0.370 e. The lowest BCUT2D eigenvalue weighted by atomic mass is 10.2. The molecule has 0 saturated heterocycles. The molecule has 2 rings (SSSR count). The summed E-state index contributed by atoms with van der Waals surface area (Å²) in [5, 5.41) is 6.22. The van der Waals surface area contributed by atoms with E-state index in [1.807, 2.05) is 38.1 Å². The largest absolute Gasteiger partial charge is 0.370 e. The van der Waals surface area contributed by atoms with Crippen molar-refractivity contribution in [2.45, 2.75) is 13.8 Å². The van der Waals surface area contributed by atoms with Crippen LogP contribution in [0.3, 0.4) is 0 Å². The summed E-state index contributed by atoms with van der Waals surface area (Å²) in [6, 6.07) is 10.5. The zero-order valence-electron chi connectivity index (χ0n) is 10.5. The summed E-state index contributed by atoms with van der Waals surface area (Å²) in [7, 11) is 0. The molecule has 2 N–H and O–H groups in total. The maximum absolute atomic E-state index is 13.3. The van der Waals surface area contributed by atoms with Gasteiger partial charge in [-0.25, -0.2) is 9.37 Å². The van der Waals surface area contributed by atoms with Gasteiger partial charge in [-0.2, -0.15) is 0 Å². The molecule has 0 spiro atoms. The molecule has 0 fully saturated rings. The summed E-state index contributed by atoms with van der Waals surface area (Å²) < 4.78 is 13.3. The average molecular weight is 245 g/mol. The van der Waals surface area contributed by atoms with Crippen LogP contribution in [-0.2, 0) is 0 Å². The first-order valence-corrected chi connectivity index (χ1v) is 5.92. The number of benzene rings is 1. The number of anilines is 3. The molecule has 2 aromatic rings. The van der Waals surface area contributed by atoms with Crippen molar-refractivity contribution in [3.05, 3.63) is 47.8 Å². The highest BCUT2D eigenvalue weighted by molar-refractivity contribution is 5.58. The molecule has 18 heavy (non-hydrogen) atoms. The molecule has 4 heteroatoms. The van der Waals surface area contributed by atoms with Crippen LogP contribution in [0, 0.1) is 12.7 Å². The van der Waals surface area contributed by atoms with Crippen molar-refractivity contribution < 1.29 is 4.39 Å². The molecule has 1 aromatic carbocycles. The van der Waals surface area contributed by atoms with Gasteiger partial charge in [-0.1, -0.05) is 6.07 Å². The van der Waals surface area contributed by atoms with Gasteiger partial charge in [0.05, 0.1) is 0 Å². The Labute approximate surface area is 106 Å². The van der Waals surface area contributed by atoms with E-state index in [0.29, 0.717) is 11.5 Å². The molecule has 0 aliphatic carbocycles. The quantitative estimate of drug-likeness (QED) is 0.862. The number of nitrogens with zero attached hydrogens (tertiary/aromatic N) is 1. The van der Waals surface area contributed by atoms with Gasteiger partial charge >= 0.3 is 0 Å². The fraction of sp³-hybridized carbons (Fsp3) is 0.214. The van der Waals surface area contributed by atoms with Crippen molar-refractivity contribution in [3.8, 4) is 0 Å². The van der Waals surface area contributed by atoms with Crippen LogP contribution >= 0.6 is 0 Å². The number of hydrogen-bond donors (Lipinski definition) is 2. The van der Waals surface area contributed by atoms with Crippen LogP contribution in [0.15, 0.2) is 36.4 Å². The third-order valence-electron chi connectivity index (χ3n) is 2.42. The van der Waals surface area contributed by atoms with Crippen LogP contribution in [0.1, 0.15) is 12.5 Å². The highest BCUT2D eigenvalue weighted by Gasteiger charge is 2.00. The van der Waals surface area contributed by atoms with E-state index in [1.165, 1.54) is 12.1 Å². The minimum atomic E-state index is -0.250. The summed E-state index contributed by atoms with van der Waals surface area (Å²) >= 11 is 0. The number of hydrogen-bond acceptors (Lipinski definition) is 3. The van der Waals surface area contributed by atoms with E-state index in [1.54, 1.807) is 0 Å². The summed E-state index contributed by atoms with van der Waals surface area (Å²) in [6.45, 7) is 4.68. The first-order valence-electron chi connectivity index (χ1n) is 5.92. The van der Waals surface area contributed by atoms with Crippen LogP contribution in [0.4, 0.5) is 21.7 Å². The Morgan fingerprint density at radius 2 is 1.94 bits per heavy atom. The zero-order valence-corrected chi connectivity index (χ0v) is 10.5. The number of aromatic nitrogens is 1. The van der Waals surface area contributed by atoms with Crippen molar-refractivity contribution in [1.82, 2.24) is 4.98 Å². The first-order chi connectivity index (χ1) is 8.67. The normalized spacial score (nSPS) is 10.2. The number of rotatable bonds is 4. The van der Waals surface area contributed by atoms with Crippen molar-refractivity contribution in [2.24, 2.45) is 0 Å². The van der Waals surface area contributed by atoms with Crippen molar-refractivity contribution in [3.63, 3.8) is 0 Å². The van der Waals surface area contributed by atoms with Gasteiger partial charge < -0.3 is 10.6 Å². The molecule has 94 valence electrons. The van der Waals surface area contributed by atoms with Gasteiger partial charge in [0, 0.05) is 12.2 Å². The van der Waals surface area contributed by atoms with Gasteiger partial charge in [0.25, 0.3) is 0 Å². The van der Waals surface area contributed by atoms with Crippen molar-refractivity contribution in [2.75, 3.05) is 17.2 Å². The molecular weight excluding hydrogens is 229 g/mol. The van der Waals surface area contributed by atoms with Crippen LogP contribution in [0.2, 0.25) is 0 Å². The lowest BCUT2D eigenvalue weighted by Crippen LogP contribution is -2.01. The Hall–Kier alpha value is -2.10. The van der Waals surface area contributed by atoms with E-state index < -0.39 is 0 Å². The van der Waals surface area contributed by atoms with E-state index in [-0.39, 0.29) is 5.82 Å².